The van der Waals surface area contributed by atoms with E-state index < -0.39 is 35.4 Å². The highest BCUT2D eigenvalue weighted by molar-refractivity contribution is 5.39. The number of halogens is 3. The summed E-state index contributed by atoms with van der Waals surface area (Å²) < 4.78 is 45.8. The number of hydrogen-bond acceptors (Lipinski definition) is 6. The number of ether oxygens (including phenoxy) is 1. The summed E-state index contributed by atoms with van der Waals surface area (Å²) >= 11 is 0. The number of nitrogens with two attached hydrogens (primary N) is 1. The summed E-state index contributed by atoms with van der Waals surface area (Å²) in [5.41, 5.74) is 4.59. The minimum Gasteiger partial charge on any atom is -0.493 e. The first-order valence-corrected chi connectivity index (χ1v) is 9.65. The number of hydrogen-bond donors (Lipinski definition) is 3. The number of benzene rings is 2. The molecule has 170 valence electrons. The lowest BCUT2D eigenvalue weighted by atomic mass is 9.93. The van der Waals surface area contributed by atoms with E-state index in [1.54, 1.807) is 12.1 Å². The summed E-state index contributed by atoms with van der Waals surface area (Å²) in [5, 5.41) is 29.2. The highest BCUT2D eigenvalue weighted by atomic mass is 19.4. The van der Waals surface area contributed by atoms with Crippen LogP contribution in [0.5, 0.6) is 5.75 Å². The van der Waals surface area contributed by atoms with Crippen LogP contribution in [0.1, 0.15) is 29.5 Å². The van der Waals surface area contributed by atoms with Crippen LogP contribution in [-0.2, 0) is 19.0 Å². The number of rotatable bonds is 11. The van der Waals surface area contributed by atoms with Gasteiger partial charge in [-0.25, -0.2) is 0 Å². The van der Waals surface area contributed by atoms with Gasteiger partial charge in [0, 0.05) is 12.1 Å². The van der Waals surface area contributed by atoms with Crippen LogP contribution >= 0.6 is 0 Å². The van der Waals surface area contributed by atoms with Crippen molar-refractivity contribution in [3.63, 3.8) is 0 Å². The molecular weight excluding hydrogens is 417 g/mol. The topological polar surface area (TPSA) is 119 Å². The fourth-order valence-corrected chi connectivity index (χ4v) is 2.97. The molecule has 2 aromatic carbocycles. The number of nitro benzene ring substituents is 1. The molecule has 0 aliphatic rings. The van der Waals surface area contributed by atoms with E-state index >= 15 is 0 Å². The van der Waals surface area contributed by atoms with Crippen molar-refractivity contribution < 1.29 is 33.0 Å². The Morgan fingerprint density at radius 2 is 1.71 bits per heavy atom. The first-order chi connectivity index (χ1) is 14.6. The molecule has 7 nitrogen and oxygen atoms in total. The molecule has 0 aliphatic carbocycles. The molecule has 2 rings (SSSR count). The van der Waals surface area contributed by atoms with E-state index in [1.165, 1.54) is 24.3 Å². The Balaban J connectivity index is 2.02. The molecular formula is C21H25F3N2O5. The quantitative estimate of drug-likeness (QED) is 0.279. The lowest BCUT2D eigenvalue weighted by molar-refractivity contribution is -0.384. The summed E-state index contributed by atoms with van der Waals surface area (Å²) in [4.78, 5) is 10.3. The number of nitrogens with zero attached hydrogens (tertiary/aromatic N) is 1. The zero-order valence-electron chi connectivity index (χ0n) is 16.8. The highest BCUT2D eigenvalue weighted by Crippen LogP contribution is 2.37. The van der Waals surface area contributed by atoms with Gasteiger partial charge in [-0.05, 0) is 48.9 Å². The zero-order chi connectivity index (χ0) is 23.1. The second-order valence-electron chi connectivity index (χ2n) is 7.39. The maximum atomic E-state index is 13.5. The number of nitro groups is 1. The standard InChI is InChI=1S/C21H25F3N2O5/c22-21(23,24)18-12-16(8-9-20(25,13-27)14-28)6-7-19(18)31-10-2-4-15-3-1-5-17(11-15)26(29)30/h1,3,5-7,11-12,27-28H,2,4,8-10,13-14,25H2. The summed E-state index contributed by atoms with van der Waals surface area (Å²) in [6.45, 7) is -0.963. The van der Waals surface area contributed by atoms with Gasteiger partial charge in [-0.3, -0.25) is 10.1 Å². The monoisotopic (exact) mass is 442 g/mol. The van der Waals surface area contributed by atoms with Crippen LogP contribution in [0.25, 0.3) is 0 Å². The SMILES string of the molecule is NC(CO)(CO)CCc1ccc(OCCCc2cccc([N+](=O)[O-])c2)c(C(F)(F)F)c1. The molecule has 0 aromatic heterocycles. The van der Waals surface area contributed by atoms with Crippen molar-refractivity contribution in [2.24, 2.45) is 5.73 Å². The van der Waals surface area contributed by atoms with Crippen LogP contribution in [0.15, 0.2) is 42.5 Å². The van der Waals surface area contributed by atoms with Crippen molar-refractivity contribution in [3.8, 4) is 5.75 Å². The molecule has 0 radical (unpaired) electrons. The van der Waals surface area contributed by atoms with Crippen LogP contribution in [0.4, 0.5) is 18.9 Å². The zero-order valence-corrected chi connectivity index (χ0v) is 16.8. The van der Waals surface area contributed by atoms with Gasteiger partial charge >= 0.3 is 6.18 Å². The van der Waals surface area contributed by atoms with Gasteiger partial charge in [0.25, 0.3) is 5.69 Å². The summed E-state index contributed by atoms with van der Waals surface area (Å²) in [6, 6.07) is 9.75. The van der Waals surface area contributed by atoms with Crippen molar-refractivity contribution in [3.05, 3.63) is 69.3 Å². The number of aliphatic hydroxyl groups excluding tert-OH is 2. The molecule has 0 aliphatic heterocycles. The van der Waals surface area contributed by atoms with Gasteiger partial charge in [0.15, 0.2) is 0 Å². The Labute approximate surface area is 177 Å². The first-order valence-electron chi connectivity index (χ1n) is 9.65. The molecule has 0 spiro atoms. The molecule has 0 heterocycles. The Morgan fingerprint density at radius 1 is 1.03 bits per heavy atom. The molecule has 0 fully saturated rings. The second kappa shape index (κ2) is 10.6. The molecule has 0 amide bonds. The van der Waals surface area contributed by atoms with Gasteiger partial charge in [0.2, 0.25) is 0 Å². The molecule has 0 atom stereocenters. The summed E-state index contributed by atoms with van der Waals surface area (Å²) in [5.74, 6) is -0.307. The minimum atomic E-state index is -4.63. The molecule has 0 saturated heterocycles. The Morgan fingerprint density at radius 3 is 2.32 bits per heavy atom. The number of non-ortho nitro benzene ring substituents is 1. The maximum absolute atomic E-state index is 13.5. The van der Waals surface area contributed by atoms with Gasteiger partial charge in [-0.1, -0.05) is 18.2 Å². The molecule has 2 aromatic rings. The molecule has 10 heteroatoms. The van der Waals surface area contributed by atoms with E-state index in [9.17, 15) is 33.5 Å². The van der Waals surface area contributed by atoms with Crippen LogP contribution in [0.3, 0.4) is 0 Å². The van der Waals surface area contributed by atoms with Crippen LogP contribution in [0, 0.1) is 10.1 Å². The van der Waals surface area contributed by atoms with Crippen molar-refractivity contribution in [1.29, 1.82) is 0 Å². The van der Waals surface area contributed by atoms with Gasteiger partial charge < -0.3 is 20.7 Å². The Kier molecular flexibility index (Phi) is 8.37. The fraction of sp³-hybridized carbons (Fsp3) is 0.429. The Hall–Kier alpha value is -2.69. The van der Waals surface area contributed by atoms with E-state index in [2.05, 4.69) is 0 Å². The Bertz CT molecular complexity index is 886. The lowest BCUT2D eigenvalue weighted by Gasteiger charge is -2.24. The van der Waals surface area contributed by atoms with Crippen molar-refractivity contribution in [2.45, 2.75) is 37.4 Å². The van der Waals surface area contributed by atoms with Crippen molar-refractivity contribution in [1.82, 2.24) is 0 Å². The third-order valence-electron chi connectivity index (χ3n) is 4.88. The second-order valence-corrected chi connectivity index (χ2v) is 7.39. The van der Waals surface area contributed by atoms with E-state index in [0.29, 0.717) is 24.0 Å². The van der Waals surface area contributed by atoms with Gasteiger partial charge in [0.05, 0.1) is 35.8 Å². The number of aryl methyl sites for hydroxylation is 2. The summed E-state index contributed by atoms with van der Waals surface area (Å²) in [7, 11) is 0. The number of aliphatic hydroxyl groups is 2. The smallest absolute Gasteiger partial charge is 0.419 e. The van der Waals surface area contributed by atoms with E-state index in [4.69, 9.17) is 10.5 Å². The lowest BCUT2D eigenvalue weighted by Crippen LogP contribution is -2.47. The van der Waals surface area contributed by atoms with Crippen LogP contribution in [-0.4, -0.2) is 40.5 Å². The average Bonchev–Trinajstić information content (AvgIpc) is 2.75. The van der Waals surface area contributed by atoms with Gasteiger partial charge in [-0.2, -0.15) is 13.2 Å². The van der Waals surface area contributed by atoms with Crippen LogP contribution < -0.4 is 10.5 Å². The summed E-state index contributed by atoms with van der Waals surface area (Å²) in [6.07, 6.45) is -3.57. The predicted octanol–water partition coefficient (Wildman–Crippen LogP) is 3.24. The largest absolute Gasteiger partial charge is 0.493 e. The van der Waals surface area contributed by atoms with Crippen LogP contribution in [0.2, 0.25) is 0 Å². The third-order valence-corrected chi connectivity index (χ3v) is 4.88. The van der Waals surface area contributed by atoms with Crippen molar-refractivity contribution in [2.75, 3.05) is 19.8 Å². The number of alkyl halides is 3. The molecule has 31 heavy (non-hydrogen) atoms. The van der Waals surface area contributed by atoms with E-state index in [0.717, 1.165) is 6.07 Å². The molecule has 0 bridgehead atoms. The van der Waals surface area contributed by atoms with Gasteiger partial charge in [0.1, 0.15) is 5.75 Å². The molecule has 0 saturated carbocycles. The van der Waals surface area contributed by atoms with Crippen molar-refractivity contribution >= 4 is 5.69 Å². The van der Waals surface area contributed by atoms with E-state index in [1.807, 2.05) is 0 Å². The molecule has 0 unspecified atom stereocenters. The highest BCUT2D eigenvalue weighted by Gasteiger charge is 2.35. The average molecular weight is 442 g/mol. The minimum absolute atomic E-state index is 0.00601. The predicted molar refractivity (Wildman–Crippen MR) is 108 cm³/mol. The molecule has 4 N–H and O–H groups in total. The fourth-order valence-electron chi connectivity index (χ4n) is 2.97. The maximum Gasteiger partial charge on any atom is 0.419 e. The first kappa shape index (κ1) is 24.6. The third kappa shape index (κ3) is 7.20. The normalized spacial score (nSPS) is 12.1. The van der Waals surface area contributed by atoms with E-state index in [-0.39, 0.29) is 30.9 Å². The van der Waals surface area contributed by atoms with Gasteiger partial charge in [-0.15, -0.1) is 0 Å².